The Kier molecular flexibility index (Phi) is 4.14. The summed E-state index contributed by atoms with van der Waals surface area (Å²) in [6.07, 6.45) is 1.50. The fraction of sp³-hybridized carbons (Fsp3) is 0.500. The molecule has 20 heavy (non-hydrogen) atoms. The van der Waals surface area contributed by atoms with Crippen LogP contribution in [0.5, 0.6) is 0 Å². The summed E-state index contributed by atoms with van der Waals surface area (Å²) in [5.74, 6) is -1.42. The van der Waals surface area contributed by atoms with Gasteiger partial charge < -0.3 is 5.73 Å². The molecule has 0 spiro atoms. The van der Waals surface area contributed by atoms with E-state index in [1.165, 1.54) is 4.31 Å². The number of halogens is 2. The predicted octanol–water partition coefficient (Wildman–Crippen LogP) is 1.94. The molecule has 0 radical (unpaired) electrons. The van der Waals surface area contributed by atoms with Gasteiger partial charge in [0.2, 0.25) is 0 Å². The molecule has 0 aromatic heterocycles. The average Bonchev–Trinajstić information content (AvgIpc) is 2.34. The Balaban J connectivity index is 2.21. The number of nitrogen functional groups attached to an aromatic ring is 1. The van der Waals surface area contributed by atoms with Crippen LogP contribution >= 0.6 is 0 Å². The van der Waals surface area contributed by atoms with Gasteiger partial charge in [-0.15, -0.1) is 0 Å². The van der Waals surface area contributed by atoms with Crippen molar-refractivity contribution in [1.29, 1.82) is 0 Å². The van der Waals surface area contributed by atoms with Gasteiger partial charge in [0.05, 0.1) is 5.69 Å². The topological polar surface area (TPSA) is 75.4 Å². The fourth-order valence-electron chi connectivity index (χ4n) is 2.12. The summed E-state index contributed by atoms with van der Waals surface area (Å²) in [5, 5.41) is 0. The van der Waals surface area contributed by atoms with E-state index in [1.807, 2.05) is 0 Å². The summed E-state index contributed by atoms with van der Waals surface area (Å²) >= 11 is 0. The molecule has 1 aliphatic heterocycles. The second-order valence-electron chi connectivity index (χ2n) is 5.04. The van der Waals surface area contributed by atoms with E-state index < -0.39 is 27.5 Å². The van der Waals surface area contributed by atoms with Crippen LogP contribution in [0.3, 0.4) is 0 Å². The van der Waals surface area contributed by atoms with Crippen molar-refractivity contribution >= 4 is 21.6 Å². The standard InChI is InChI=1S/C12H17F2N3O2S/c1-8-2-4-17(5-3-8)20(18,19)16-12-10(14)6-9(13)7-11(12)15/h6-8,16H,2-5,15H2,1H3. The summed E-state index contributed by atoms with van der Waals surface area (Å²) in [6.45, 7) is 2.80. The minimum absolute atomic E-state index is 0.281. The second kappa shape index (κ2) is 5.53. The van der Waals surface area contributed by atoms with Gasteiger partial charge in [0.25, 0.3) is 0 Å². The lowest BCUT2D eigenvalue weighted by atomic mass is 10.0. The van der Waals surface area contributed by atoms with Crippen molar-refractivity contribution in [2.75, 3.05) is 23.5 Å². The zero-order chi connectivity index (χ0) is 14.9. The molecule has 112 valence electrons. The van der Waals surface area contributed by atoms with Gasteiger partial charge in [0, 0.05) is 19.2 Å². The number of rotatable bonds is 3. The Bertz CT molecular complexity index is 576. The number of hydrogen-bond acceptors (Lipinski definition) is 3. The fourth-order valence-corrected chi connectivity index (χ4v) is 3.41. The molecule has 2 rings (SSSR count). The predicted molar refractivity (Wildman–Crippen MR) is 73.3 cm³/mol. The molecular weight excluding hydrogens is 288 g/mol. The van der Waals surface area contributed by atoms with Crippen molar-refractivity contribution < 1.29 is 17.2 Å². The lowest BCUT2D eigenvalue weighted by molar-refractivity contribution is 0.289. The Labute approximate surface area is 116 Å². The SMILES string of the molecule is CC1CCN(S(=O)(=O)Nc2c(N)cc(F)cc2F)CC1. The first-order valence-corrected chi connectivity index (χ1v) is 7.76. The van der Waals surface area contributed by atoms with Crippen LogP contribution in [0.15, 0.2) is 12.1 Å². The number of benzene rings is 1. The molecule has 0 amide bonds. The Morgan fingerprint density at radius 2 is 1.90 bits per heavy atom. The lowest BCUT2D eigenvalue weighted by Crippen LogP contribution is -2.41. The van der Waals surface area contributed by atoms with E-state index in [9.17, 15) is 17.2 Å². The Hall–Kier alpha value is -1.41. The number of nitrogens with one attached hydrogen (secondary N) is 1. The Morgan fingerprint density at radius 1 is 1.30 bits per heavy atom. The van der Waals surface area contributed by atoms with E-state index in [-0.39, 0.29) is 5.69 Å². The molecule has 1 fully saturated rings. The van der Waals surface area contributed by atoms with E-state index in [0.29, 0.717) is 25.1 Å². The largest absolute Gasteiger partial charge is 0.397 e. The normalized spacial score (nSPS) is 18.1. The minimum atomic E-state index is -3.88. The van der Waals surface area contributed by atoms with Crippen molar-refractivity contribution in [3.05, 3.63) is 23.8 Å². The molecular formula is C12H17F2N3O2S. The van der Waals surface area contributed by atoms with Gasteiger partial charge in [0.15, 0.2) is 5.82 Å². The maximum Gasteiger partial charge on any atom is 0.301 e. The third-order valence-corrected chi connectivity index (χ3v) is 4.91. The zero-order valence-corrected chi connectivity index (χ0v) is 11.9. The molecule has 0 aliphatic carbocycles. The molecule has 3 N–H and O–H groups in total. The molecule has 1 aromatic rings. The van der Waals surface area contributed by atoms with Crippen LogP contribution in [0.1, 0.15) is 19.8 Å². The number of piperidine rings is 1. The summed E-state index contributed by atoms with van der Waals surface area (Å²) in [7, 11) is -3.88. The third kappa shape index (κ3) is 3.18. The van der Waals surface area contributed by atoms with Crippen LogP contribution in [0.4, 0.5) is 20.2 Å². The van der Waals surface area contributed by atoms with Gasteiger partial charge in [-0.3, -0.25) is 4.72 Å². The summed E-state index contributed by atoms with van der Waals surface area (Å²) < 4.78 is 54.2. The highest BCUT2D eigenvalue weighted by atomic mass is 32.2. The van der Waals surface area contributed by atoms with Gasteiger partial charge in [0.1, 0.15) is 11.5 Å². The van der Waals surface area contributed by atoms with Gasteiger partial charge in [-0.2, -0.15) is 12.7 Å². The van der Waals surface area contributed by atoms with Crippen LogP contribution in [-0.2, 0) is 10.2 Å². The van der Waals surface area contributed by atoms with Gasteiger partial charge >= 0.3 is 10.2 Å². The molecule has 1 saturated heterocycles. The van der Waals surface area contributed by atoms with E-state index in [0.717, 1.165) is 18.9 Å². The highest BCUT2D eigenvalue weighted by Gasteiger charge is 2.27. The minimum Gasteiger partial charge on any atom is -0.397 e. The molecule has 0 bridgehead atoms. The third-order valence-electron chi connectivity index (χ3n) is 3.40. The molecule has 1 aromatic carbocycles. The highest BCUT2D eigenvalue weighted by Crippen LogP contribution is 2.27. The van der Waals surface area contributed by atoms with Crippen LogP contribution in [0, 0.1) is 17.6 Å². The van der Waals surface area contributed by atoms with Crippen molar-refractivity contribution in [3.8, 4) is 0 Å². The second-order valence-corrected chi connectivity index (χ2v) is 6.71. The lowest BCUT2D eigenvalue weighted by Gasteiger charge is -2.29. The van der Waals surface area contributed by atoms with Crippen LogP contribution < -0.4 is 10.5 Å². The maximum absolute atomic E-state index is 13.6. The van der Waals surface area contributed by atoms with Crippen molar-refractivity contribution in [3.63, 3.8) is 0 Å². The molecule has 0 saturated carbocycles. The highest BCUT2D eigenvalue weighted by molar-refractivity contribution is 7.90. The number of nitrogens with zero attached hydrogens (tertiary/aromatic N) is 1. The first-order chi connectivity index (χ1) is 9.29. The summed E-state index contributed by atoms with van der Waals surface area (Å²) in [4.78, 5) is 0. The summed E-state index contributed by atoms with van der Waals surface area (Å²) in [5.41, 5.74) is 4.76. The van der Waals surface area contributed by atoms with E-state index in [1.54, 1.807) is 0 Å². The molecule has 1 aliphatic rings. The number of hydrogen-bond donors (Lipinski definition) is 2. The molecule has 0 atom stereocenters. The summed E-state index contributed by atoms with van der Waals surface area (Å²) in [6, 6.07) is 1.46. The first kappa shape index (κ1) is 15.0. The first-order valence-electron chi connectivity index (χ1n) is 6.32. The van der Waals surface area contributed by atoms with Crippen LogP contribution in [0.25, 0.3) is 0 Å². The van der Waals surface area contributed by atoms with Crippen LogP contribution in [-0.4, -0.2) is 25.8 Å². The van der Waals surface area contributed by atoms with Gasteiger partial charge in [-0.1, -0.05) is 6.92 Å². The van der Waals surface area contributed by atoms with Crippen molar-refractivity contribution in [2.45, 2.75) is 19.8 Å². The van der Waals surface area contributed by atoms with Crippen molar-refractivity contribution in [2.24, 2.45) is 5.92 Å². The maximum atomic E-state index is 13.6. The van der Waals surface area contributed by atoms with E-state index >= 15 is 0 Å². The average molecular weight is 305 g/mol. The Morgan fingerprint density at radius 3 is 2.45 bits per heavy atom. The monoisotopic (exact) mass is 305 g/mol. The number of anilines is 2. The number of nitrogens with two attached hydrogens (primary N) is 1. The zero-order valence-electron chi connectivity index (χ0n) is 11.1. The van der Waals surface area contributed by atoms with E-state index in [2.05, 4.69) is 11.6 Å². The van der Waals surface area contributed by atoms with Gasteiger partial charge in [-0.25, -0.2) is 8.78 Å². The van der Waals surface area contributed by atoms with E-state index in [4.69, 9.17) is 5.73 Å². The molecule has 0 unspecified atom stereocenters. The van der Waals surface area contributed by atoms with Gasteiger partial charge in [-0.05, 0) is 24.8 Å². The van der Waals surface area contributed by atoms with Crippen molar-refractivity contribution in [1.82, 2.24) is 4.31 Å². The molecule has 8 heteroatoms. The van der Waals surface area contributed by atoms with Crippen LogP contribution in [0.2, 0.25) is 0 Å². The molecule has 1 heterocycles. The quantitative estimate of drug-likeness (QED) is 0.838. The smallest absolute Gasteiger partial charge is 0.301 e. The molecule has 5 nitrogen and oxygen atoms in total.